The molecular formula is C38H40Cl2IN4O4-. The molecule has 0 radical (unpaired) electrons. The first-order valence-corrected chi connectivity index (χ1v) is 19.4. The molecule has 6 rings (SSSR count). The molecule has 0 bridgehead atoms. The third kappa shape index (κ3) is 8.80. The normalized spacial score (nSPS) is 18.1. The summed E-state index contributed by atoms with van der Waals surface area (Å²) in [5.41, 5.74) is 6.45. The molecule has 2 heterocycles. The van der Waals surface area contributed by atoms with Gasteiger partial charge in [-0.3, -0.25) is 4.98 Å². The van der Waals surface area contributed by atoms with E-state index in [2.05, 4.69) is 52.6 Å². The minimum absolute atomic E-state index is 0.00297. The predicted octanol–water partition coefficient (Wildman–Crippen LogP) is 4.52. The van der Waals surface area contributed by atoms with Crippen molar-refractivity contribution in [3.63, 3.8) is 0 Å². The molecule has 4 aromatic rings. The summed E-state index contributed by atoms with van der Waals surface area (Å²) in [6.45, 7) is 4.80. The first-order valence-electron chi connectivity index (χ1n) is 16.5. The van der Waals surface area contributed by atoms with Gasteiger partial charge in [0.2, 0.25) is 0 Å². The molecule has 11 heteroatoms. The Morgan fingerprint density at radius 2 is 1.92 bits per heavy atom. The van der Waals surface area contributed by atoms with Crippen molar-refractivity contribution < 1.29 is 39.3 Å². The molecule has 0 saturated carbocycles. The Bertz CT molecular complexity index is 1820. The summed E-state index contributed by atoms with van der Waals surface area (Å²) in [5.74, 6) is 1.88. The van der Waals surface area contributed by atoms with Crippen molar-refractivity contribution in [2.45, 2.75) is 61.8 Å². The number of likely N-dealkylation sites (tertiary alicyclic amines) is 1. The number of pyridine rings is 1. The van der Waals surface area contributed by atoms with E-state index in [1.165, 1.54) is 24.6 Å². The quantitative estimate of drug-likeness (QED) is 0.150. The van der Waals surface area contributed by atoms with Crippen molar-refractivity contribution in [3.8, 4) is 34.4 Å². The number of alkyl halides is 1. The molecule has 0 spiro atoms. The zero-order valence-corrected chi connectivity index (χ0v) is 31.3. The van der Waals surface area contributed by atoms with E-state index >= 15 is 0 Å². The first kappa shape index (κ1) is 35.7. The van der Waals surface area contributed by atoms with Crippen LogP contribution in [0.25, 0.3) is 11.1 Å². The van der Waals surface area contributed by atoms with Gasteiger partial charge in [-0.15, -0.1) is 0 Å². The Kier molecular flexibility index (Phi) is 12.2. The number of aromatic nitrogens is 1. The van der Waals surface area contributed by atoms with E-state index in [1.54, 1.807) is 12.3 Å². The van der Waals surface area contributed by atoms with E-state index < -0.39 is 21.6 Å². The number of fused-ring (bicyclic) bond motifs is 1. The average molecular weight is 815 g/mol. The third-order valence-corrected chi connectivity index (χ3v) is 12.1. The molecule has 1 aromatic heterocycles. The number of nitrogens with one attached hydrogen (secondary N) is 1. The number of aliphatic hydroxyl groups is 1. The van der Waals surface area contributed by atoms with Crippen molar-refractivity contribution >= 4 is 23.2 Å². The zero-order valence-electron chi connectivity index (χ0n) is 27.6. The molecule has 1 aliphatic heterocycles. The van der Waals surface area contributed by atoms with Crippen molar-refractivity contribution in [3.05, 3.63) is 105 Å². The summed E-state index contributed by atoms with van der Waals surface area (Å²) in [5, 5.41) is 23.2. The number of nitriles is 1. The average Bonchev–Trinajstić information content (AvgIpc) is 3.53. The van der Waals surface area contributed by atoms with Crippen LogP contribution >= 0.6 is 23.2 Å². The van der Waals surface area contributed by atoms with E-state index in [0.717, 1.165) is 59.5 Å². The van der Waals surface area contributed by atoms with E-state index in [0.29, 0.717) is 37.6 Å². The topological polar surface area (TPSA) is 99.9 Å². The number of rotatable bonds is 13. The van der Waals surface area contributed by atoms with Crippen molar-refractivity contribution in [2.75, 3.05) is 26.7 Å². The number of hydrogen-bond donors (Lipinski definition) is 2. The van der Waals surface area contributed by atoms with Crippen molar-refractivity contribution in [1.29, 1.82) is 5.26 Å². The van der Waals surface area contributed by atoms with E-state index in [4.69, 9.17) is 35.7 Å². The Labute approximate surface area is 309 Å². The van der Waals surface area contributed by atoms with Crippen LogP contribution in [0.2, 0.25) is 10.0 Å². The Morgan fingerprint density at radius 3 is 2.73 bits per heavy atom. The molecule has 3 aromatic carbocycles. The van der Waals surface area contributed by atoms with Gasteiger partial charge in [0.15, 0.2) is 0 Å². The zero-order chi connectivity index (χ0) is 34.3. The molecule has 258 valence electrons. The van der Waals surface area contributed by atoms with Crippen LogP contribution < -0.4 is 39.5 Å². The monoisotopic (exact) mass is 813 g/mol. The van der Waals surface area contributed by atoms with Crippen molar-refractivity contribution in [1.82, 2.24) is 15.2 Å². The second-order valence-corrected chi connectivity index (χ2v) is 16.1. The fourth-order valence-electron chi connectivity index (χ4n) is 6.29. The summed E-state index contributed by atoms with van der Waals surface area (Å²) in [6.07, 6.45) is 7.06. The minimum Gasteiger partial charge on any atom is -0.488 e. The fourth-order valence-corrected chi connectivity index (χ4v) is 9.44. The van der Waals surface area contributed by atoms with Gasteiger partial charge in [-0.05, 0) is 13.0 Å². The number of halogens is 3. The third-order valence-electron chi connectivity index (χ3n) is 8.91. The minimum atomic E-state index is -0.479. The summed E-state index contributed by atoms with van der Waals surface area (Å²) in [6, 6.07) is 19.8. The van der Waals surface area contributed by atoms with Crippen LogP contribution in [0.1, 0.15) is 60.1 Å². The van der Waals surface area contributed by atoms with Gasteiger partial charge in [0.05, 0.1) is 12.2 Å². The SMILES string of the molecule is C[C@H](CO)NCc1cc(Cl)c(O[C@H]2CCc3c(-c4cccc(O[I-][C@@H]5CCCN(C)C5)c4Cl)cccc32)cc1OCc1cncc(C#N)c1. The number of hydrogen-bond acceptors (Lipinski definition) is 8. The number of aliphatic hydroxyl groups excluding tert-OH is 1. The number of benzene rings is 3. The number of piperidine rings is 1. The molecule has 2 N–H and O–H groups in total. The van der Waals surface area contributed by atoms with E-state index in [9.17, 15) is 10.4 Å². The summed E-state index contributed by atoms with van der Waals surface area (Å²) < 4.78 is 19.9. The molecule has 8 nitrogen and oxygen atoms in total. The smallest absolute Gasteiger partial charge is 0.488 e. The first-order chi connectivity index (χ1) is 23.8. The second kappa shape index (κ2) is 16.7. The van der Waals surface area contributed by atoms with Gasteiger partial charge in [0.1, 0.15) is 12.7 Å². The second-order valence-electron chi connectivity index (χ2n) is 12.6. The van der Waals surface area contributed by atoms with Gasteiger partial charge in [-0.25, -0.2) is 0 Å². The van der Waals surface area contributed by atoms with Crippen LogP contribution in [-0.2, 0) is 19.6 Å². The molecule has 1 fully saturated rings. The fraction of sp³-hybridized carbons (Fsp3) is 0.368. The number of nitrogens with zero attached hydrogens (tertiary/aromatic N) is 3. The van der Waals surface area contributed by atoms with Gasteiger partial charge in [0.25, 0.3) is 0 Å². The number of ether oxygens (including phenoxy) is 2. The maximum atomic E-state index is 9.54. The van der Waals surface area contributed by atoms with Crippen LogP contribution in [0, 0.1) is 11.3 Å². The van der Waals surface area contributed by atoms with Gasteiger partial charge >= 0.3 is 211 Å². The van der Waals surface area contributed by atoms with Gasteiger partial charge in [0, 0.05) is 36.1 Å². The Morgan fingerprint density at radius 1 is 1.08 bits per heavy atom. The van der Waals surface area contributed by atoms with Gasteiger partial charge in [-0.1, -0.05) is 0 Å². The van der Waals surface area contributed by atoms with Gasteiger partial charge in [-0.2, -0.15) is 5.26 Å². The standard InChI is InChI=1S/C38H40Cl2IN4O4/c1-24(22-46)44-20-27-15-33(39)37(16-36(27)47-23-26-14-25(17-42)18-43-19-26)48-34-12-11-30-29(7-3-8-31(30)34)32-9-4-10-35(38(32)40)49-41-28-6-5-13-45(2)21-28/h3-4,7-10,14-16,18-19,24,28,34,44,46H,5-6,11-13,20-23H2,1-2H3/q-1/t24-,28-,34+/m1/s1. The molecule has 1 saturated heterocycles. The Balaban J connectivity index is 1.22. The Hall–Kier alpha value is -3.11. The summed E-state index contributed by atoms with van der Waals surface area (Å²) >= 11 is 13.4. The van der Waals surface area contributed by atoms with Gasteiger partial charge < -0.3 is 15.2 Å². The molecule has 0 unspecified atom stereocenters. The molecule has 2 aliphatic rings. The van der Waals surface area contributed by atoms with Crippen LogP contribution in [0.5, 0.6) is 17.2 Å². The molecular weight excluding hydrogens is 774 g/mol. The molecule has 1 aliphatic carbocycles. The van der Waals surface area contributed by atoms with Crippen LogP contribution in [-0.4, -0.2) is 51.7 Å². The van der Waals surface area contributed by atoms with Crippen LogP contribution in [0.15, 0.2) is 67.0 Å². The molecule has 0 amide bonds. The predicted molar refractivity (Wildman–Crippen MR) is 188 cm³/mol. The van der Waals surface area contributed by atoms with Crippen molar-refractivity contribution in [2.24, 2.45) is 0 Å². The summed E-state index contributed by atoms with van der Waals surface area (Å²) in [7, 11) is 2.18. The maximum absolute atomic E-state index is 9.54. The van der Waals surface area contributed by atoms with Crippen LogP contribution in [0.3, 0.4) is 0 Å². The van der Waals surface area contributed by atoms with Crippen LogP contribution in [0.4, 0.5) is 0 Å². The molecule has 49 heavy (non-hydrogen) atoms. The van der Waals surface area contributed by atoms with E-state index in [1.807, 2.05) is 31.2 Å². The molecule has 3 atom stereocenters. The van der Waals surface area contributed by atoms with E-state index in [-0.39, 0.29) is 25.4 Å². The summed E-state index contributed by atoms with van der Waals surface area (Å²) in [4.78, 5) is 6.54.